The first-order chi connectivity index (χ1) is 12.9. The number of carbonyl (C=O) groups excluding carboxylic acids is 2. The van der Waals surface area contributed by atoms with Crippen LogP contribution in [0.2, 0.25) is 0 Å². The number of amides is 1. The number of hydrogen-bond donors (Lipinski definition) is 1. The molecule has 4 bridgehead atoms. The molecule has 1 aromatic heterocycles. The van der Waals surface area contributed by atoms with E-state index in [-0.39, 0.29) is 17.3 Å². The van der Waals surface area contributed by atoms with Gasteiger partial charge in [0.05, 0.1) is 12.2 Å². The molecular weight excluding hydrogens is 358 g/mol. The van der Waals surface area contributed by atoms with Gasteiger partial charge in [-0.05, 0) is 87.5 Å². The number of ether oxygens (including phenoxy) is 1. The lowest BCUT2D eigenvalue weighted by Crippen LogP contribution is -2.47. The Morgan fingerprint density at radius 3 is 2.22 bits per heavy atom. The van der Waals surface area contributed by atoms with Gasteiger partial charge in [0.15, 0.2) is 0 Å². The zero-order valence-electron chi connectivity index (χ0n) is 16.7. The molecule has 148 valence electrons. The van der Waals surface area contributed by atoms with Gasteiger partial charge < -0.3 is 10.1 Å². The van der Waals surface area contributed by atoms with E-state index in [0.717, 1.165) is 34.6 Å². The molecule has 5 heteroatoms. The van der Waals surface area contributed by atoms with Crippen molar-refractivity contribution in [1.29, 1.82) is 0 Å². The van der Waals surface area contributed by atoms with Crippen molar-refractivity contribution in [3.05, 3.63) is 16.0 Å². The van der Waals surface area contributed by atoms with Gasteiger partial charge in [0, 0.05) is 11.3 Å². The molecule has 4 aliphatic rings. The van der Waals surface area contributed by atoms with Crippen LogP contribution in [0.5, 0.6) is 0 Å². The smallest absolute Gasteiger partial charge is 0.341 e. The number of hydrogen-bond acceptors (Lipinski definition) is 4. The zero-order chi connectivity index (χ0) is 19.2. The number of nitrogens with one attached hydrogen (secondary N) is 1. The molecular formula is C22H31NO3S. The molecule has 27 heavy (non-hydrogen) atoms. The average molecular weight is 390 g/mol. The van der Waals surface area contributed by atoms with Crippen LogP contribution in [-0.4, -0.2) is 18.5 Å². The zero-order valence-corrected chi connectivity index (χ0v) is 17.5. The first-order valence-corrected chi connectivity index (χ1v) is 11.3. The summed E-state index contributed by atoms with van der Waals surface area (Å²) in [6.07, 6.45) is 9.20. The second-order valence-corrected chi connectivity index (χ2v) is 10.3. The van der Waals surface area contributed by atoms with E-state index in [1.165, 1.54) is 49.9 Å². The average Bonchev–Trinajstić information content (AvgIpc) is 2.88. The fourth-order valence-corrected chi connectivity index (χ4v) is 7.68. The molecule has 4 aliphatic carbocycles. The molecule has 0 aromatic carbocycles. The van der Waals surface area contributed by atoms with E-state index in [1.54, 1.807) is 0 Å². The van der Waals surface area contributed by atoms with Crippen LogP contribution in [0.25, 0.3) is 0 Å². The van der Waals surface area contributed by atoms with Gasteiger partial charge in [-0.3, -0.25) is 4.79 Å². The number of rotatable bonds is 6. The quantitative estimate of drug-likeness (QED) is 0.668. The fraction of sp³-hybridized carbons (Fsp3) is 0.727. The second-order valence-electron chi connectivity index (χ2n) is 9.06. The summed E-state index contributed by atoms with van der Waals surface area (Å²) in [6, 6.07) is 0. The topological polar surface area (TPSA) is 55.4 Å². The van der Waals surface area contributed by atoms with Gasteiger partial charge in [0.25, 0.3) is 0 Å². The number of carbonyl (C=O) groups is 2. The highest BCUT2D eigenvalue weighted by molar-refractivity contribution is 7.16. The van der Waals surface area contributed by atoms with Crippen LogP contribution >= 0.6 is 11.3 Å². The Kier molecular flexibility index (Phi) is 5.08. The molecule has 0 atom stereocenters. The molecule has 1 amide bonds. The molecule has 4 saturated carbocycles. The predicted octanol–water partition coefficient (Wildman–Crippen LogP) is 5.34. The minimum Gasteiger partial charge on any atom is -0.462 e. The number of anilines is 1. The van der Waals surface area contributed by atoms with Crippen molar-refractivity contribution in [3.63, 3.8) is 0 Å². The molecule has 1 aromatic rings. The Morgan fingerprint density at radius 1 is 1.11 bits per heavy atom. The normalized spacial score (nSPS) is 31.1. The maximum atomic E-state index is 13.0. The molecule has 0 radical (unpaired) electrons. The second kappa shape index (κ2) is 7.23. The third-order valence-corrected chi connectivity index (χ3v) is 8.06. The van der Waals surface area contributed by atoms with Gasteiger partial charge in [-0.15, -0.1) is 11.3 Å². The standard InChI is InChI=1S/C22H31NO3S/c1-4-17-13(3)27-20(19(17)21(25)26-5-2)23-18(24)12-22-9-14-6-15(10-22)8-16(7-14)11-22/h14-16H,4-12H2,1-3H3,(H,23,24). The molecule has 0 spiro atoms. The Labute approximate surface area is 166 Å². The van der Waals surface area contributed by atoms with Crippen molar-refractivity contribution in [2.45, 2.75) is 72.1 Å². The van der Waals surface area contributed by atoms with Crippen molar-refractivity contribution < 1.29 is 14.3 Å². The Morgan fingerprint density at radius 2 is 1.70 bits per heavy atom. The number of thiophene rings is 1. The molecule has 5 rings (SSSR count). The van der Waals surface area contributed by atoms with Gasteiger partial charge in [-0.2, -0.15) is 0 Å². The van der Waals surface area contributed by atoms with Gasteiger partial charge in [-0.1, -0.05) is 6.92 Å². The van der Waals surface area contributed by atoms with Crippen LogP contribution in [0.4, 0.5) is 5.00 Å². The molecule has 0 unspecified atom stereocenters. The van der Waals surface area contributed by atoms with Crippen molar-refractivity contribution in [3.8, 4) is 0 Å². The highest BCUT2D eigenvalue weighted by Gasteiger charge is 2.51. The van der Waals surface area contributed by atoms with Crippen LogP contribution in [0.15, 0.2) is 0 Å². The minimum atomic E-state index is -0.316. The summed E-state index contributed by atoms with van der Waals surface area (Å²) >= 11 is 1.51. The third-order valence-electron chi connectivity index (χ3n) is 7.00. The van der Waals surface area contributed by atoms with Gasteiger partial charge in [0.2, 0.25) is 5.91 Å². The first kappa shape index (κ1) is 19.0. The minimum absolute atomic E-state index is 0.0754. The molecule has 1 heterocycles. The summed E-state index contributed by atoms with van der Waals surface area (Å²) in [7, 11) is 0. The summed E-state index contributed by atoms with van der Waals surface area (Å²) in [5.41, 5.74) is 1.78. The van der Waals surface area contributed by atoms with E-state index in [2.05, 4.69) is 5.32 Å². The van der Waals surface area contributed by atoms with Crippen molar-refractivity contribution in [2.75, 3.05) is 11.9 Å². The highest BCUT2D eigenvalue weighted by atomic mass is 32.1. The van der Waals surface area contributed by atoms with Gasteiger partial charge in [0.1, 0.15) is 5.00 Å². The largest absolute Gasteiger partial charge is 0.462 e. The van der Waals surface area contributed by atoms with Crippen LogP contribution in [0.1, 0.15) is 79.6 Å². The summed E-state index contributed by atoms with van der Waals surface area (Å²) in [5, 5.41) is 3.78. The molecule has 1 N–H and O–H groups in total. The molecule has 4 nitrogen and oxygen atoms in total. The van der Waals surface area contributed by atoms with E-state index < -0.39 is 0 Å². The monoisotopic (exact) mass is 389 g/mol. The van der Waals surface area contributed by atoms with Crippen molar-refractivity contribution in [2.24, 2.45) is 23.2 Å². The molecule has 4 fully saturated rings. The lowest BCUT2D eigenvalue weighted by Gasteiger charge is -2.56. The summed E-state index contributed by atoms with van der Waals surface area (Å²) < 4.78 is 5.26. The van der Waals surface area contributed by atoms with Gasteiger partial charge >= 0.3 is 5.97 Å². The van der Waals surface area contributed by atoms with Crippen molar-refractivity contribution >= 4 is 28.2 Å². The molecule has 0 aliphatic heterocycles. The number of esters is 1. The van der Waals surface area contributed by atoms with Crippen LogP contribution in [-0.2, 0) is 16.0 Å². The van der Waals surface area contributed by atoms with Crippen LogP contribution < -0.4 is 5.32 Å². The Hall–Kier alpha value is -1.36. The summed E-state index contributed by atoms with van der Waals surface area (Å²) in [4.78, 5) is 26.6. The van der Waals surface area contributed by atoms with E-state index in [9.17, 15) is 9.59 Å². The van der Waals surface area contributed by atoms with E-state index in [4.69, 9.17) is 4.74 Å². The van der Waals surface area contributed by atoms with Crippen LogP contribution in [0, 0.1) is 30.1 Å². The fourth-order valence-electron chi connectivity index (χ4n) is 6.53. The van der Waals surface area contributed by atoms with Gasteiger partial charge in [-0.25, -0.2) is 4.79 Å². The lowest BCUT2D eigenvalue weighted by atomic mass is 9.49. The summed E-state index contributed by atoms with van der Waals surface area (Å²) in [5.74, 6) is 2.29. The first-order valence-electron chi connectivity index (χ1n) is 10.5. The SMILES string of the molecule is CCOC(=O)c1c(NC(=O)CC23CC4CC(CC(C4)C2)C3)sc(C)c1CC. The predicted molar refractivity (Wildman–Crippen MR) is 108 cm³/mol. The van der Waals surface area contributed by atoms with Crippen molar-refractivity contribution in [1.82, 2.24) is 0 Å². The third kappa shape index (κ3) is 3.55. The Bertz CT molecular complexity index is 716. The molecule has 0 saturated heterocycles. The Balaban J connectivity index is 1.51. The highest BCUT2D eigenvalue weighted by Crippen LogP contribution is 2.61. The maximum absolute atomic E-state index is 13.0. The number of aryl methyl sites for hydroxylation is 1. The van der Waals surface area contributed by atoms with E-state index in [1.807, 2.05) is 20.8 Å². The summed E-state index contributed by atoms with van der Waals surface area (Å²) in [6.45, 7) is 6.21. The lowest BCUT2D eigenvalue weighted by molar-refractivity contribution is -0.124. The maximum Gasteiger partial charge on any atom is 0.341 e. The van der Waals surface area contributed by atoms with Crippen LogP contribution in [0.3, 0.4) is 0 Å². The van der Waals surface area contributed by atoms with E-state index >= 15 is 0 Å². The van der Waals surface area contributed by atoms with E-state index in [0.29, 0.717) is 23.6 Å².